The van der Waals surface area contributed by atoms with Gasteiger partial charge in [0.1, 0.15) is 4.90 Å². The Morgan fingerprint density at radius 3 is 2.57 bits per heavy atom. The third-order valence-electron chi connectivity index (χ3n) is 5.20. The molecule has 2 aromatic carbocycles. The average Bonchev–Trinajstić information content (AvgIpc) is 2.65. The fraction of sp³-hybridized carbons (Fsp3) is 0.381. The maximum atomic E-state index is 13.1. The van der Waals surface area contributed by atoms with Gasteiger partial charge in [-0.25, -0.2) is 8.42 Å². The Kier molecular flexibility index (Phi) is 6.12. The molecular formula is C21H25ClN2O3S. The summed E-state index contributed by atoms with van der Waals surface area (Å²) in [6.07, 6.45) is 1.84. The molecule has 3 rings (SSSR count). The lowest BCUT2D eigenvalue weighted by Gasteiger charge is -2.30. The van der Waals surface area contributed by atoms with Crippen LogP contribution in [0.3, 0.4) is 0 Å². The van der Waals surface area contributed by atoms with Gasteiger partial charge in [0, 0.05) is 24.3 Å². The van der Waals surface area contributed by atoms with Crippen molar-refractivity contribution in [2.24, 2.45) is 5.92 Å². The summed E-state index contributed by atoms with van der Waals surface area (Å²) < 4.78 is 27.6. The summed E-state index contributed by atoms with van der Waals surface area (Å²) in [5.41, 5.74) is 3.12. The summed E-state index contributed by atoms with van der Waals surface area (Å²) in [6, 6.07) is 10.0. The van der Waals surface area contributed by atoms with Crippen molar-refractivity contribution in [3.63, 3.8) is 0 Å². The van der Waals surface area contributed by atoms with Crippen LogP contribution in [0.4, 0.5) is 5.69 Å². The first-order chi connectivity index (χ1) is 13.2. The predicted molar refractivity (Wildman–Crippen MR) is 112 cm³/mol. The van der Waals surface area contributed by atoms with Crippen molar-refractivity contribution in [3.8, 4) is 0 Å². The lowest BCUT2D eigenvalue weighted by Crippen LogP contribution is -2.39. The van der Waals surface area contributed by atoms with E-state index in [4.69, 9.17) is 11.6 Å². The topological polar surface area (TPSA) is 66.5 Å². The lowest BCUT2D eigenvalue weighted by atomic mass is 10.0. The van der Waals surface area contributed by atoms with Crippen molar-refractivity contribution in [2.45, 2.75) is 38.5 Å². The number of sulfonamides is 1. The monoisotopic (exact) mass is 420 g/mol. The summed E-state index contributed by atoms with van der Waals surface area (Å²) >= 11 is 6.20. The molecule has 1 heterocycles. The predicted octanol–water partition coefficient (Wildman–Crippen LogP) is 4.63. The normalized spacial score (nSPS) is 18.1. The van der Waals surface area contributed by atoms with Gasteiger partial charge in [0.2, 0.25) is 10.0 Å². The van der Waals surface area contributed by atoms with E-state index >= 15 is 0 Å². The Bertz CT molecular complexity index is 1000. The highest BCUT2D eigenvalue weighted by Crippen LogP contribution is 2.29. The van der Waals surface area contributed by atoms with E-state index in [0.29, 0.717) is 24.7 Å². The molecule has 1 aliphatic heterocycles. The van der Waals surface area contributed by atoms with Crippen LogP contribution in [0.5, 0.6) is 0 Å². The number of benzene rings is 2. The molecule has 5 nitrogen and oxygen atoms in total. The number of rotatable bonds is 4. The Morgan fingerprint density at radius 1 is 1.14 bits per heavy atom. The van der Waals surface area contributed by atoms with E-state index in [9.17, 15) is 13.2 Å². The van der Waals surface area contributed by atoms with Crippen molar-refractivity contribution in [2.75, 3.05) is 18.4 Å². The fourth-order valence-corrected chi connectivity index (χ4v) is 5.47. The second-order valence-corrected chi connectivity index (χ2v) is 9.82. The summed E-state index contributed by atoms with van der Waals surface area (Å²) in [4.78, 5) is 12.6. The third-order valence-corrected chi connectivity index (χ3v) is 7.54. The lowest BCUT2D eigenvalue weighted by molar-refractivity contribution is 0.102. The van der Waals surface area contributed by atoms with Crippen LogP contribution in [0.15, 0.2) is 41.3 Å². The van der Waals surface area contributed by atoms with Gasteiger partial charge in [-0.3, -0.25) is 4.79 Å². The second kappa shape index (κ2) is 8.23. The molecule has 1 saturated heterocycles. The van der Waals surface area contributed by atoms with E-state index < -0.39 is 10.0 Å². The molecule has 0 bridgehead atoms. The number of halogens is 1. The van der Waals surface area contributed by atoms with Crippen LogP contribution in [0, 0.1) is 19.8 Å². The maximum absolute atomic E-state index is 13.1. The minimum atomic E-state index is -3.75. The molecule has 0 radical (unpaired) electrons. The van der Waals surface area contributed by atoms with Crippen LogP contribution in [0.1, 0.15) is 41.3 Å². The SMILES string of the molecule is Cc1ccc(NC(=O)c2ccc(Cl)c(S(=O)(=O)N3CCC[C@@H](C)C3)c2)cc1C. The second-order valence-electron chi connectivity index (χ2n) is 7.51. The van der Waals surface area contributed by atoms with E-state index in [1.54, 1.807) is 0 Å². The molecule has 0 aromatic heterocycles. The first-order valence-corrected chi connectivity index (χ1v) is 11.2. The first kappa shape index (κ1) is 20.8. The van der Waals surface area contributed by atoms with Gasteiger partial charge in [-0.05, 0) is 74.1 Å². The number of carbonyl (C=O) groups excluding carboxylic acids is 1. The van der Waals surface area contributed by atoms with Crippen molar-refractivity contribution in [3.05, 3.63) is 58.1 Å². The molecule has 7 heteroatoms. The van der Waals surface area contributed by atoms with Gasteiger partial charge in [-0.2, -0.15) is 4.31 Å². The number of carbonyl (C=O) groups is 1. The molecule has 0 unspecified atom stereocenters. The van der Waals surface area contributed by atoms with Gasteiger partial charge in [0.05, 0.1) is 5.02 Å². The Morgan fingerprint density at radius 2 is 1.89 bits per heavy atom. The van der Waals surface area contributed by atoms with E-state index in [1.165, 1.54) is 22.5 Å². The minimum absolute atomic E-state index is 0.0176. The zero-order valence-corrected chi connectivity index (χ0v) is 17.9. The number of hydrogen-bond acceptors (Lipinski definition) is 3. The molecule has 0 aliphatic carbocycles. The summed E-state index contributed by atoms with van der Waals surface area (Å²) in [5.74, 6) is -0.0676. The highest BCUT2D eigenvalue weighted by atomic mass is 35.5. The smallest absolute Gasteiger partial charge is 0.255 e. The number of aryl methyl sites for hydroxylation is 2. The van der Waals surface area contributed by atoms with Crippen LogP contribution in [0.2, 0.25) is 5.02 Å². The summed E-state index contributed by atoms with van der Waals surface area (Å²) in [6.45, 7) is 6.95. The van der Waals surface area contributed by atoms with Crippen molar-refractivity contribution >= 4 is 33.2 Å². The summed E-state index contributed by atoms with van der Waals surface area (Å²) in [7, 11) is -3.75. The molecular weight excluding hydrogens is 396 g/mol. The zero-order chi connectivity index (χ0) is 20.5. The van der Waals surface area contributed by atoms with Crippen LogP contribution < -0.4 is 5.32 Å². The Balaban J connectivity index is 1.88. The Labute approximate surface area is 171 Å². The van der Waals surface area contributed by atoms with Gasteiger partial charge in [0.25, 0.3) is 5.91 Å². The van der Waals surface area contributed by atoms with Crippen LogP contribution in [0.25, 0.3) is 0 Å². The largest absolute Gasteiger partial charge is 0.322 e. The van der Waals surface area contributed by atoms with Crippen molar-refractivity contribution in [1.82, 2.24) is 4.31 Å². The molecule has 0 saturated carbocycles. The minimum Gasteiger partial charge on any atom is -0.322 e. The van der Waals surface area contributed by atoms with Gasteiger partial charge in [-0.1, -0.05) is 24.6 Å². The number of hydrogen-bond donors (Lipinski definition) is 1. The first-order valence-electron chi connectivity index (χ1n) is 9.37. The van der Waals surface area contributed by atoms with Gasteiger partial charge in [0.15, 0.2) is 0 Å². The molecule has 1 fully saturated rings. The average molecular weight is 421 g/mol. The van der Waals surface area contributed by atoms with E-state index in [0.717, 1.165) is 24.0 Å². The van der Waals surface area contributed by atoms with Crippen molar-refractivity contribution < 1.29 is 13.2 Å². The number of anilines is 1. The van der Waals surface area contributed by atoms with E-state index in [2.05, 4.69) is 5.32 Å². The number of nitrogens with zero attached hydrogens (tertiary/aromatic N) is 1. The fourth-order valence-electron chi connectivity index (χ4n) is 3.37. The molecule has 1 aliphatic rings. The zero-order valence-electron chi connectivity index (χ0n) is 16.3. The molecule has 0 spiro atoms. The molecule has 150 valence electrons. The van der Waals surface area contributed by atoms with Crippen LogP contribution in [-0.4, -0.2) is 31.7 Å². The maximum Gasteiger partial charge on any atom is 0.255 e. The molecule has 1 atom stereocenters. The highest BCUT2D eigenvalue weighted by molar-refractivity contribution is 7.89. The number of nitrogens with one attached hydrogen (secondary N) is 1. The number of piperidine rings is 1. The molecule has 28 heavy (non-hydrogen) atoms. The molecule has 1 amide bonds. The third kappa shape index (κ3) is 4.40. The Hall–Kier alpha value is -1.89. The van der Waals surface area contributed by atoms with Gasteiger partial charge >= 0.3 is 0 Å². The molecule has 1 N–H and O–H groups in total. The highest BCUT2D eigenvalue weighted by Gasteiger charge is 2.30. The van der Waals surface area contributed by atoms with Crippen LogP contribution >= 0.6 is 11.6 Å². The number of amides is 1. The molecule has 2 aromatic rings. The van der Waals surface area contributed by atoms with E-state index in [-0.39, 0.29) is 21.4 Å². The quantitative estimate of drug-likeness (QED) is 0.784. The van der Waals surface area contributed by atoms with E-state index in [1.807, 2.05) is 39.0 Å². The van der Waals surface area contributed by atoms with Crippen LogP contribution in [-0.2, 0) is 10.0 Å². The summed E-state index contributed by atoms with van der Waals surface area (Å²) in [5, 5.41) is 2.95. The van der Waals surface area contributed by atoms with Gasteiger partial charge < -0.3 is 5.32 Å². The van der Waals surface area contributed by atoms with Gasteiger partial charge in [-0.15, -0.1) is 0 Å². The standard InChI is InChI=1S/C21H25ClN2O3S/c1-14-5-4-10-24(13-14)28(26,27)20-12-17(7-9-19(20)22)21(25)23-18-8-6-15(2)16(3)11-18/h6-9,11-12,14H,4-5,10,13H2,1-3H3,(H,23,25)/t14-/m1/s1. The van der Waals surface area contributed by atoms with Crippen molar-refractivity contribution in [1.29, 1.82) is 0 Å².